The third-order valence-electron chi connectivity index (χ3n) is 2.72. The number of carbonyl (C=O) groups excluding carboxylic acids is 1. The molecule has 0 aliphatic carbocycles. The van der Waals surface area contributed by atoms with Crippen molar-refractivity contribution in [2.45, 2.75) is 6.92 Å². The molecule has 0 fully saturated rings. The molecule has 1 aliphatic rings. The second-order valence-electron chi connectivity index (χ2n) is 3.79. The van der Waals surface area contributed by atoms with Crippen LogP contribution in [0.4, 0.5) is 0 Å². The molecule has 0 unspecified atom stereocenters. The monoisotopic (exact) mass is 230 g/mol. The van der Waals surface area contributed by atoms with Crippen molar-refractivity contribution in [2.75, 3.05) is 14.2 Å². The van der Waals surface area contributed by atoms with E-state index in [9.17, 15) is 4.79 Å². The van der Waals surface area contributed by atoms with Crippen LogP contribution in [0.2, 0.25) is 0 Å². The second kappa shape index (κ2) is 4.41. The van der Waals surface area contributed by atoms with Crippen molar-refractivity contribution in [3.8, 4) is 5.75 Å². The van der Waals surface area contributed by atoms with Gasteiger partial charge in [0.15, 0.2) is 0 Å². The van der Waals surface area contributed by atoms with Crippen LogP contribution < -0.4 is 4.74 Å². The van der Waals surface area contributed by atoms with Gasteiger partial charge in [0.2, 0.25) is 0 Å². The number of amidine groups is 1. The summed E-state index contributed by atoms with van der Waals surface area (Å²) in [5.41, 5.74) is 1.29. The summed E-state index contributed by atoms with van der Waals surface area (Å²) in [7, 11) is 3.32. The van der Waals surface area contributed by atoms with Crippen LogP contribution in [0.15, 0.2) is 35.0 Å². The predicted molar refractivity (Wildman–Crippen MR) is 66.9 cm³/mol. The highest BCUT2D eigenvalue weighted by Gasteiger charge is 2.23. The van der Waals surface area contributed by atoms with Gasteiger partial charge in [0, 0.05) is 12.6 Å². The van der Waals surface area contributed by atoms with Gasteiger partial charge in [-0.05, 0) is 19.1 Å². The number of rotatable bonds is 2. The third kappa shape index (κ3) is 2.06. The van der Waals surface area contributed by atoms with E-state index in [1.165, 1.54) is 4.90 Å². The lowest BCUT2D eigenvalue weighted by atomic mass is 10.1. The topological polar surface area (TPSA) is 41.9 Å². The quantitative estimate of drug-likeness (QED) is 0.728. The molecular formula is C13H14N2O2. The van der Waals surface area contributed by atoms with Gasteiger partial charge in [0.1, 0.15) is 17.3 Å². The van der Waals surface area contributed by atoms with Crippen LogP contribution in [0, 0.1) is 0 Å². The SMILES string of the molecule is COc1ccccc1/C=C1/N=C(C)N(C)C1=O. The van der Waals surface area contributed by atoms with Gasteiger partial charge < -0.3 is 4.74 Å². The molecular weight excluding hydrogens is 216 g/mol. The molecule has 0 bridgehead atoms. The van der Waals surface area contributed by atoms with E-state index < -0.39 is 0 Å². The van der Waals surface area contributed by atoms with E-state index in [4.69, 9.17) is 4.74 Å². The molecule has 1 amide bonds. The molecule has 88 valence electrons. The molecule has 1 aromatic rings. The van der Waals surface area contributed by atoms with E-state index in [2.05, 4.69) is 4.99 Å². The number of aliphatic imine (C=N–C) groups is 1. The van der Waals surface area contributed by atoms with E-state index in [0.29, 0.717) is 11.5 Å². The first-order valence-electron chi connectivity index (χ1n) is 5.31. The highest BCUT2D eigenvalue weighted by molar-refractivity contribution is 6.13. The molecule has 1 heterocycles. The lowest BCUT2D eigenvalue weighted by Gasteiger charge is -2.06. The standard InChI is InChI=1S/C13H14N2O2/c1-9-14-11(13(16)15(9)2)8-10-6-4-5-7-12(10)17-3/h4-8H,1-3H3/b11-8+. The zero-order chi connectivity index (χ0) is 12.4. The Kier molecular flexibility index (Phi) is 2.95. The Labute approximate surface area is 100 Å². The minimum absolute atomic E-state index is 0.0894. The molecule has 4 heteroatoms. The van der Waals surface area contributed by atoms with Crippen molar-refractivity contribution in [1.29, 1.82) is 0 Å². The Bertz CT molecular complexity index is 518. The molecule has 2 rings (SSSR count). The van der Waals surface area contributed by atoms with Gasteiger partial charge in [0.25, 0.3) is 5.91 Å². The first-order valence-corrected chi connectivity index (χ1v) is 5.31. The van der Waals surface area contributed by atoms with Crippen molar-refractivity contribution in [3.05, 3.63) is 35.5 Å². The van der Waals surface area contributed by atoms with Crippen LogP contribution in [0.5, 0.6) is 5.75 Å². The summed E-state index contributed by atoms with van der Waals surface area (Å²) < 4.78 is 5.23. The van der Waals surface area contributed by atoms with E-state index in [1.54, 1.807) is 27.2 Å². The molecule has 0 saturated carbocycles. The van der Waals surface area contributed by atoms with Crippen molar-refractivity contribution >= 4 is 17.8 Å². The van der Waals surface area contributed by atoms with Gasteiger partial charge in [0.05, 0.1) is 7.11 Å². The summed E-state index contributed by atoms with van der Waals surface area (Å²) in [6.45, 7) is 1.81. The highest BCUT2D eigenvalue weighted by atomic mass is 16.5. The molecule has 1 aliphatic heterocycles. The zero-order valence-electron chi connectivity index (χ0n) is 10.1. The Morgan fingerprint density at radius 2 is 2.06 bits per heavy atom. The van der Waals surface area contributed by atoms with Crippen molar-refractivity contribution in [3.63, 3.8) is 0 Å². The predicted octanol–water partition coefficient (Wildman–Crippen LogP) is 1.93. The number of hydrogen-bond acceptors (Lipinski definition) is 3. The summed E-state index contributed by atoms with van der Waals surface area (Å²) in [5, 5.41) is 0. The molecule has 0 N–H and O–H groups in total. The minimum atomic E-state index is -0.0894. The van der Waals surface area contributed by atoms with E-state index in [-0.39, 0.29) is 5.91 Å². The number of methoxy groups -OCH3 is 1. The number of para-hydroxylation sites is 1. The van der Waals surface area contributed by atoms with Crippen LogP contribution in [0.1, 0.15) is 12.5 Å². The molecule has 0 aromatic heterocycles. The van der Waals surface area contributed by atoms with Gasteiger partial charge >= 0.3 is 0 Å². The first kappa shape index (κ1) is 11.4. The van der Waals surface area contributed by atoms with Crippen LogP contribution in [-0.2, 0) is 4.79 Å². The number of ether oxygens (including phenoxy) is 1. The number of nitrogens with zero attached hydrogens (tertiary/aromatic N) is 2. The smallest absolute Gasteiger partial charge is 0.277 e. The number of benzene rings is 1. The molecule has 0 saturated heterocycles. The Balaban J connectivity index is 2.41. The highest BCUT2D eigenvalue weighted by Crippen LogP contribution is 2.23. The summed E-state index contributed by atoms with van der Waals surface area (Å²) in [6, 6.07) is 7.53. The van der Waals surface area contributed by atoms with Gasteiger partial charge in [-0.1, -0.05) is 18.2 Å². The lowest BCUT2D eigenvalue weighted by Crippen LogP contribution is -2.25. The number of hydrogen-bond donors (Lipinski definition) is 0. The first-order chi connectivity index (χ1) is 8.13. The second-order valence-corrected chi connectivity index (χ2v) is 3.79. The van der Waals surface area contributed by atoms with E-state index in [1.807, 2.05) is 24.3 Å². The number of carbonyl (C=O) groups is 1. The fourth-order valence-corrected chi connectivity index (χ4v) is 1.64. The van der Waals surface area contributed by atoms with E-state index in [0.717, 1.165) is 11.3 Å². The van der Waals surface area contributed by atoms with E-state index >= 15 is 0 Å². The summed E-state index contributed by atoms with van der Waals surface area (Å²) in [5.74, 6) is 1.35. The summed E-state index contributed by atoms with van der Waals surface area (Å²) >= 11 is 0. The molecule has 1 aromatic carbocycles. The number of likely N-dealkylation sites (N-methyl/N-ethyl adjacent to an activating group) is 1. The summed E-state index contributed by atoms with van der Waals surface area (Å²) in [4.78, 5) is 17.6. The third-order valence-corrected chi connectivity index (χ3v) is 2.72. The Morgan fingerprint density at radius 3 is 2.65 bits per heavy atom. The van der Waals surface area contributed by atoms with Crippen LogP contribution in [0.25, 0.3) is 6.08 Å². The number of amides is 1. The molecule has 17 heavy (non-hydrogen) atoms. The molecule has 0 radical (unpaired) electrons. The van der Waals surface area contributed by atoms with Gasteiger partial charge in [-0.3, -0.25) is 9.69 Å². The largest absolute Gasteiger partial charge is 0.496 e. The van der Waals surface area contributed by atoms with Crippen LogP contribution >= 0.6 is 0 Å². The maximum absolute atomic E-state index is 11.8. The summed E-state index contributed by atoms with van der Waals surface area (Å²) in [6.07, 6.45) is 1.74. The maximum atomic E-state index is 11.8. The fraction of sp³-hybridized carbons (Fsp3) is 0.231. The lowest BCUT2D eigenvalue weighted by molar-refractivity contribution is -0.121. The van der Waals surface area contributed by atoms with Crippen molar-refractivity contribution in [2.24, 2.45) is 4.99 Å². The van der Waals surface area contributed by atoms with Gasteiger partial charge in [-0.15, -0.1) is 0 Å². The Morgan fingerprint density at radius 1 is 1.35 bits per heavy atom. The van der Waals surface area contributed by atoms with Crippen LogP contribution in [-0.4, -0.2) is 30.8 Å². The van der Waals surface area contributed by atoms with Gasteiger partial charge in [-0.25, -0.2) is 4.99 Å². The molecule has 0 spiro atoms. The maximum Gasteiger partial charge on any atom is 0.277 e. The average molecular weight is 230 g/mol. The van der Waals surface area contributed by atoms with Crippen molar-refractivity contribution < 1.29 is 9.53 Å². The minimum Gasteiger partial charge on any atom is -0.496 e. The normalized spacial score (nSPS) is 17.6. The fourth-order valence-electron chi connectivity index (χ4n) is 1.64. The van der Waals surface area contributed by atoms with Crippen LogP contribution in [0.3, 0.4) is 0 Å². The van der Waals surface area contributed by atoms with Crippen molar-refractivity contribution in [1.82, 2.24) is 4.90 Å². The van der Waals surface area contributed by atoms with Gasteiger partial charge in [-0.2, -0.15) is 0 Å². The molecule has 0 atom stereocenters. The Hall–Kier alpha value is -2.10. The molecule has 4 nitrogen and oxygen atoms in total. The average Bonchev–Trinajstić information content (AvgIpc) is 2.58. The zero-order valence-corrected chi connectivity index (χ0v) is 10.1.